The van der Waals surface area contributed by atoms with Gasteiger partial charge in [0.2, 0.25) is 5.89 Å². The van der Waals surface area contributed by atoms with Gasteiger partial charge < -0.3 is 10.3 Å². The molecule has 4 heteroatoms. The van der Waals surface area contributed by atoms with Crippen molar-refractivity contribution >= 4 is 0 Å². The van der Waals surface area contributed by atoms with Crippen molar-refractivity contribution in [3.63, 3.8) is 0 Å². The minimum absolute atomic E-state index is 0.270. The fourth-order valence-electron chi connectivity index (χ4n) is 1.72. The SMILES string of the molecule is NCC1(Cc2ncno2)CCC1. The molecule has 1 heterocycles. The Morgan fingerprint density at radius 2 is 2.42 bits per heavy atom. The topological polar surface area (TPSA) is 64.9 Å². The number of hydrogen-bond donors (Lipinski definition) is 1. The number of rotatable bonds is 3. The van der Waals surface area contributed by atoms with E-state index in [-0.39, 0.29) is 5.41 Å². The summed E-state index contributed by atoms with van der Waals surface area (Å²) in [4.78, 5) is 4.00. The summed E-state index contributed by atoms with van der Waals surface area (Å²) < 4.78 is 4.95. The number of nitrogens with zero attached hydrogens (tertiary/aromatic N) is 2. The highest BCUT2D eigenvalue weighted by atomic mass is 16.5. The lowest BCUT2D eigenvalue weighted by Gasteiger charge is -2.39. The lowest BCUT2D eigenvalue weighted by Crippen LogP contribution is -2.39. The third kappa shape index (κ3) is 1.22. The smallest absolute Gasteiger partial charge is 0.226 e. The first-order chi connectivity index (χ1) is 5.85. The molecule has 0 aromatic carbocycles. The molecule has 1 aromatic rings. The monoisotopic (exact) mass is 167 g/mol. The van der Waals surface area contributed by atoms with E-state index in [2.05, 4.69) is 10.1 Å². The molecule has 1 saturated carbocycles. The Morgan fingerprint density at radius 3 is 2.83 bits per heavy atom. The van der Waals surface area contributed by atoms with Gasteiger partial charge in [0.15, 0.2) is 6.33 Å². The first kappa shape index (κ1) is 7.73. The van der Waals surface area contributed by atoms with Crippen molar-refractivity contribution in [1.82, 2.24) is 10.1 Å². The molecule has 1 aliphatic carbocycles. The minimum Gasteiger partial charge on any atom is -0.340 e. The summed E-state index contributed by atoms with van der Waals surface area (Å²) in [5.41, 5.74) is 5.97. The van der Waals surface area contributed by atoms with E-state index < -0.39 is 0 Å². The van der Waals surface area contributed by atoms with Crippen LogP contribution in [0.3, 0.4) is 0 Å². The molecule has 1 aliphatic rings. The zero-order chi connectivity index (χ0) is 8.44. The van der Waals surface area contributed by atoms with Crippen LogP contribution in [-0.2, 0) is 6.42 Å². The van der Waals surface area contributed by atoms with Gasteiger partial charge in [-0.1, -0.05) is 11.6 Å². The van der Waals surface area contributed by atoms with E-state index in [1.807, 2.05) is 0 Å². The van der Waals surface area contributed by atoms with Gasteiger partial charge in [-0.05, 0) is 24.8 Å². The van der Waals surface area contributed by atoms with Crippen molar-refractivity contribution in [2.24, 2.45) is 11.1 Å². The van der Waals surface area contributed by atoms with Crippen LogP contribution in [0.2, 0.25) is 0 Å². The van der Waals surface area contributed by atoms with E-state index in [0.717, 1.165) is 18.9 Å². The van der Waals surface area contributed by atoms with Gasteiger partial charge in [0.1, 0.15) is 0 Å². The second-order valence-electron chi connectivity index (χ2n) is 3.57. The highest BCUT2D eigenvalue weighted by Gasteiger charge is 2.37. The maximum atomic E-state index is 5.70. The van der Waals surface area contributed by atoms with E-state index >= 15 is 0 Å². The van der Waals surface area contributed by atoms with Crippen molar-refractivity contribution in [1.29, 1.82) is 0 Å². The van der Waals surface area contributed by atoms with Crippen LogP contribution in [0.4, 0.5) is 0 Å². The molecule has 4 nitrogen and oxygen atoms in total. The Kier molecular flexibility index (Phi) is 1.84. The van der Waals surface area contributed by atoms with Gasteiger partial charge in [-0.3, -0.25) is 0 Å². The first-order valence-corrected chi connectivity index (χ1v) is 4.30. The molecule has 0 spiro atoms. The van der Waals surface area contributed by atoms with Gasteiger partial charge in [-0.2, -0.15) is 4.98 Å². The van der Waals surface area contributed by atoms with Crippen LogP contribution in [0.5, 0.6) is 0 Å². The van der Waals surface area contributed by atoms with Gasteiger partial charge in [0, 0.05) is 6.42 Å². The predicted octanol–water partition coefficient (Wildman–Crippen LogP) is 0.741. The van der Waals surface area contributed by atoms with Crippen LogP contribution in [-0.4, -0.2) is 16.7 Å². The van der Waals surface area contributed by atoms with Crippen LogP contribution in [0.15, 0.2) is 10.9 Å². The maximum absolute atomic E-state index is 5.70. The predicted molar refractivity (Wildman–Crippen MR) is 43.3 cm³/mol. The summed E-state index contributed by atoms with van der Waals surface area (Å²) in [5, 5.41) is 3.57. The molecule has 66 valence electrons. The van der Waals surface area contributed by atoms with Crippen molar-refractivity contribution < 1.29 is 4.52 Å². The molecule has 2 N–H and O–H groups in total. The minimum atomic E-state index is 0.270. The van der Waals surface area contributed by atoms with Gasteiger partial charge in [0.05, 0.1) is 0 Å². The lowest BCUT2D eigenvalue weighted by atomic mass is 9.67. The maximum Gasteiger partial charge on any atom is 0.226 e. The fraction of sp³-hybridized carbons (Fsp3) is 0.750. The van der Waals surface area contributed by atoms with Gasteiger partial charge in [0.25, 0.3) is 0 Å². The van der Waals surface area contributed by atoms with E-state index in [4.69, 9.17) is 10.3 Å². The molecular formula is C8H13N3O. The quantitative estimate of drug-likeness (QED) is 0.721. The molecule has 1 aromatic heterocycles. The van der Waals surface area contributed by atoms with E-state index in [1.54, 1.807) is 0 Å². The fourth-order valence-corrected chi connectivity index (χ4v) is 1.72. The third-order valence-electron chi connectivity index (χ3n) is 2.78. The average molecular weight is 167 g/mol. The highest BCUT2D eigenvalue weighted by Crippen LogP contribution is 2.42. The van der Waals surface area contributed by atoms with Crippen LogP contribution < -0.4 is 5.73 Å². The second-order valence-corrected chi connectivity index (χ2v) is 3.57. The zero-order valence-corrected chi connectivity index (χ0v) is 6.99. The number of hydrogen-bond acceptors (Lipinski definition) is 4. The van der Waals surface area contributed by atoms with Gasteiger partial charge in [-0.15, -0.1) is 0 Å². The lowest BCUT2D eigenvalue weighted by molar-refractivity contribution is 0.129. The molecule has 0 unspecified atom stereocenters. The molecule has 0 amide bonds. The van der Waals surface area contributed by atoms with Crippen LogP contribution in [0.25, 0.3) is 0 Å². The molecule has 0 saturated heterocycles. The first-order valence-electron chi connectivity index (χ1n) is 4.30. The van der Waals surface area contributed by atoms with Crippen LogP contribution in [0, 0.1) is 5.41 Å². The van der Waals surface area contributed by atoms with Crippen molar-refractivity contribution in [2.45, 2.75) is 25.7 Å². The van der Waals surface area contributed by atoms with Gasteiger partial charge in [-0.25, -0.2) is 0 Å². The third-order valence-corrected chi connectivity index (χ3v) is 2.78. The summed E-state index contributed by atoms with van der Waals surface area (Å²) >= 11 is 0. The molecule has 0 aliphatic heterocycles. The van der Waals surface area contributed by atoms with E-state index in [1.165, 1.54) is 25.6 Å². The van der Waals surface area contributed by atoms with Crippen LogP contribution in [0.1, 0.15) is 25.2 Å². The van der Waals surface area contributed by atoms with Crippen LogP contribution >= 0.6 is 0 Å². The Labute approximate surface area is 71.1 Å². The van der Waals surface area contributed by atoms with E-state index in [0.29, 0.717) is 0 Å². The average Bonchev–Trinajstić information content (AvgIpc) is 2.49. The normalized spacial score (nSPS) is 20.4. The van der Waals surface area contributed by atoms with Crippen molar-refractivity contribution in [3.05, 3.63) is 12.2 Å². The summed E-state index contributed by atoms with van der Waals surface area (Å²) in [6.07, 6.45) is 5.98. The Morgan fingerprint density at radius 1 is 1.58 bits per heavy atom. The largest absolute Gasteiger partial charge is 0.340 e. The molecule has 1 fully saturated rings. The number of nitrogens with two attached hydrogens (primary N) is 1. The van der Waals surface area contributed by atoms with Gasteiger partial charge >= 0.3 is 0 Å². The second kappa shape index (κ2) is 2.86. The highest BCUT2D eigenvalue weighted by molar-refractivity contribution is 4.95. The summed E-state index contributed by atoms with van der Waals surface area (Å²) in [7, 11) is 0. The Bertz CT molecular complexity index is 235. The summed E-state index contributed by atoms with van der Waals surface area (Å²) in [6, 6.07) is 0. The molecule has 2 rings (SSSR count). The number of aromatic nitrogens is 2. The molecule has 0 bridgehead atoms. The van der Waals surface area contributed by atoms with Crippen molar-refractivity contribution in [2.75, 3.05) is 6.54 Å². The molecule has 0 radical (unpaired) electrons. The standard InChI is InChI=1S/C8H13N3O/c9-5-8(2-1-3-8)4-7-10-6-11-12-7/h6H,1-5,9H2. The summed E-state index contributed by atoms with van der Waals surface area (Å²) in [5.74, 6) is 0.722. The van der Waals surface area contributed by atoms with Crippen molar-refractivity contribution in [3.8, 4) is 0 Å². The summed E-state index contributed by atoms with van der Waals surface area (Å²) in [6.45, 7) is 0.732. The molecular weight excluding hydrogens is 154 g/mol. The zero-order valence-electron chi connectivity index (χ0n) is 6.99. The Balaban J connectivity index is 2.01. The molecule has 12 heavy (non-hydrogen) atoms. The van der Waals surface area contributed by atoms with E-state index in [9.17, 15) is 0 Å². The molecule has 0 atom stereocenters. The Hall–Kier alpha value is -0.900.